The third-order valence-electron chi connectivity index (χ3n) is 5.77. The van der Waals surface area contributed by atoms with E-state index in [1.807, 2.05) is 66.7 Å². The van der Waals surface area contributed by atoms with Crippen LogP contribution >= 0.6 is 88.6 Å². The van der Waals surface area contributed by atoms with Crippen LogP contribution in [0, 0.1) is 7.14 Å². The van der Waals surface area contributed by atoms with Crippen LogP contribution < -0.4 is 21.7 Å². The minimum atomic E-state index is -0.106. The van der Waals surface area contributed by atoms with Crippen LogP contribution in [0.3, 0.4) is 0 Å². The molecule has 2 heterocycles. The zero-order valence-electron chi connectivity index (χ0n) is 24.7. The molecule has 47 heavy (non-hydrogen) atoms. The summed E-state index contributed by atoms with van der Waals surface area (Å²) < 4.78 is 4.02. The average Bonchev–Trinajstić information content (AvgIpc) is 2.96. The van der Waals surface area contributed by atoms with Gasteiger partial charge in [0, 0.05) is 75.8 Å². The number of nitrogens with zero attached hydrogens (tertiary/aromatic N) is 4. The van der Waals surface area contributed by atoms with Crippen LogP contribution in [0.5, 0.6) is 0 Å². The minimum Gasteiger partial charge on any atom is -0.399 e. The number of aromatic nitrogens is 4. The highest BCUT2D eigenvalue weighted by molar-refractivity contribution is 14.1. The molecule has 6 rings (SSSR count). The van der Waals surface area contributed by atoms with Crippen LogP contribution in [0.1, 0.15) is 13.8 Å². The molecule has 0 aliphatic carbocycles. The maximum atomic E-state index is 11.2. The fourth-order valence-electron chi connectivity index (χ4n) is 4.00. The van der Waals surface area contributed by atoms with E-state index in [1.54, 1.807) is 18.5 Å². The molecule has 240 valence electrons. The Labute approximate surface area is 319 Å². The Morgan fingerprint density at radius 1 is 0.702 bits per heavy atom. The monoisotopic (exact) mass is 1000 g/mol. The van der Waals surface area contributed by atoms with Crippen LogP contribution in [0.2, 0.25) is 5.28 Å². The van der Waals surface area contributed by atoms with E-state index in [9.17, 15) is 9.59 Å². The van der Waals surface area contributed by atoms with E-state index < -0.39 is 0 Å². The molecule has 0 aliphatic rings. The summed E-state index contributed by atoms with van der Waals surface area (Å²) in [5.41, 5.74) is 10.2. The lowest BCUT2D eigenvalue weighted by atomic mass is 10.2. The van der Waals surface area contributed by atoms with E-state index in [0.717, 1.165) is 55.0 Å². The summed E-state index contributed by atoms with van der Waals surface area (Å²) in [6.45, 7) is 2.95. The first kappa shape index (κ1) is 36.6. The molecule has 6 aromatic rings. The highest BCUT2D eigenvalue weighted by Gasteiger charge is 2.05. The second-order valence-electron chi connectivity index (χ2n) is 9.73. The Kier molecular flexibility index (Phi) is 13.5. The SMILES string of the molecule is CC(=O)Nc1cc(I)cc(Nc2ncc3cc(Br)ccc3n2)c1.CC(=O)Nc1cc(N)cc(I)c1.Clc1ncc2cc(Br)ccc2n1. The van der Waals surface area contributed by atoms with Crippen molar-refractivity contribution in [1.29, 1.82) is 0 Å². The van der Waals surface area contributed by atoms with Crippen LogP contribution in [0.25, 0.3) is 21.8 Å². The zero-order valence-corrected chi connectivity index (χ0v) is 32.9. The quantitative estimate of drug-likeness (QED) is 0.0776. The second-order valence-corrected chi connectivity index (χ2v) is 14.4. The molecule has 0 saturated carbocycles. The molecular weight excluding hydrogens is 977 g/mol. The number of fused-ring (bicyclic) bond motifs is 2. The summed E-state index contributed by atoms with van der Waals surface area (Å²) in [6, 6.07) is 22.7. The molecule has 4 aromatic carbocycles. The molecular formula is C32H25Br2ClI2N8O2. The van der Waals surface area contributed by atoms with Gasteiger partial charge in [0.2, 0.25) is 23.0 Å². The van der Waals surface area contributed by atoms with Crippen LogP contribution in [-0.4, -0.2) is 31.8 Å². The van der Waals surface area contributed by atoms with Gasteiger partial charge in [0.25, 0.3) is 0 Å². The highest BCUT2D eigenvalue weighted by Crippen LogP contribution is 2.24. The van der Waals surface area contributed by atoms with E-state index >= 15 is 0 Å². The van der Waals surface area contributed by atoms with Crippen molar-refractivity contribution < 1.29 is 9.59 Å². The van der Waals surface area contributed by atoms with Crippen LogP contribution in [0.15, 0.2) is 94.1 Å². The van der Waals surface area contributed by atoms with E-state index in [2.05, 4.69) is 113 Å². The van der Waals surface area contributed by atoms with Gasteiger partial charge in [-0.3, -0.25) is 9.59 Å². The highest BCUT2D eigenvalue weighted by atomic mass is 127. The smallest absolute Gasteiger partial charge is 0.227 e. The van der Waals surface area contributed by atoms with Crippen LogP contribution in [0.4, 0.5) is 28.7 Å². The number of nitrogens with one attached hydrogen (secondary N) is 3. The summed E-state index contributed by atoms with van der Waals surface area (Å²) in [4.78, 5) is 38.6. The summed E-state index contributed by atoms with van der Waals surface area (Å²) in [6.07, 6.45) is 3.48. The summed E-state index contributed by atoms with van der Waals surface area (Å²) in [7, 11) is 0. The number of rotatable bonds is 4. The van der Waals surface area contributed by atoms with Gasteiger partial charge in [-0.25, -0.2) is 19.9 Å². The number of carbonyl (C=O) groups is 2. The number of nitrogens with two attached hydrogens (primary N) is 1. The molecule has 2 aromatic heterocycles. The van der Waals surface area contributed by atoms with E-state index in [4.69, 9.17) is 17.3 Å². The Hall–Kier alpha value is -3.19. The molecule has 2 amide bonds. The van der Waals surface area contributed by atoms with E-state index in [-0.39, 0.29) is 17.1 Å². The summed E-state index contributed by atoms with van der Waals surface area (Å²) in [5, 5.41) is 10.8. The Morgan fingerprint density at radius 3 is 1.79 bits per heavy atom. The largest absolute Gasteiger partial charge is 0.399 e. The lowest BCUT2D eigenvalue weighted by Crippen LogP contribution is -2.06. The van der Waals surface area contributed by atoms with Crippen molar-refractivity contribution in [2.24, 2.45) is 0 Å². The summed E-state index contributed by atoms with van der Waals surface area (Å²) in [5.74, 6) is 0.317. The van der Waals surface area contributed by atoms with Crippen molar-refractivity contribution in [2.45, 2.75) is 13.8 Å². The molecule has 0 unspecified atom stereocenters. The lowest BCUT2D eigenvalue weighted by molar-refractivity contribution is -0.115. The standard InChI is InChI=1S/C16H12BrIN4O.C8H4BrClN2.C8H9IN2O/c1-9(23)20-13-5-12(18)6-14(7-13)21-16-19-8-10-4-11(17)2-3-15(10)22-16;9-6-1-2-7-5(3-6)4-11-8(10)12-7;1-5(12)11-8-3-6(9)2-7(10)4-8/h2-8H,1H3,(H,20,23)(H,19,21,22);1-4H;2-4H,10H2,1H3,(H,11,12). The van der Waals surface area contributed by atoms with Crippen molar-refractivity contribution in [3.05, 3.63) is 107 Å². The molecule has 5 N–H and O–H groups in total. The number of hydrogen-bond acceptors (Lipinski definition) is 8. The van der Waals surface area contributed by atoms with Crippen molar-refractivity contribution in [3.8, 4) is 0 Å². The molecule has 0 radical (unpaired) electrons. The molecule has 0 spiro atoms. The van der Waals surface area contributed by atoms with E-state index in [0.29, 0.717) is 11.6 Å². The Morgan fingerprint density at radius 2 is 1.21 bits per heavy atom. The van der Waals surface area contributed by atoms with Gasteiger partial charge in [-0.15, -0.1) is 0 Å². The molecule has 0 atom stereocenters. The zero-order chi connectivity index (χ0) is 34.1. The van der Waals surface area contributed by atoms with Crippen LogP contribution in [-0.2, 0) is 9.59 Å². The number of anilines is 5. The lowest BCUT2D eigenvalue weighted by Gasteiger charge is -2.09. The molecule has 15 heteroatoms. The summed E-state index contributed by atoms with van der Waals surface area (Å²) >= 11 is 16.8. The molecule has 0 bridgehead atoms. The number of halogens is 5. The first-order valence-electron chi connectivity index (χ1n) is 13.5. The molecule has 0 saturated heterocycles. The third kappa shape index (κ3) is 12.1. The van der Waals surface area contributed by atoms with Gasteiger partial charge in [0.05, 0.1) is 11.0 Å². The van der Waals surface area contributed by atoms with Gasteiger partial charge >= 0.3 is 0 Å². The maximum Gasteiger partial charge on any atom is 0.227 e. The third-order valence-corrected chi connectivity index (χ3v) is 8.18. The number of nitrogen functional groups attached to an aromatic ring is 1. The minimum absolute atomic E-state index is 0.0867. The predicted molar refractivity (Wildman–Crippen MR) is 214 cm³/mol. The number of amides is 2. The fraction of sp³-hybridized carbons (Fsp3) is 0.0625. The normalized spacial score (nSPS) is 10.3. The van der Waals surface area contributed by atoms with E-state index in [1.165, 1.54) is 13.8 Å². The molecule has 10 nitrogen and oxygen atoms in total. The molecule has 0 aliphatic heterocycles. The topological polar surface area (TPSA) is 148 Å². The fourth-order valence-corrected chi connectivity index (χ4v) is 6.26. The van der Waals surface area contributed by atoms with Crippen molar-refractivity contribution in [1.82, 2.24) is 19.9 Å². The van der Waals surface area contributed by atoms with Gasteiger partial charge in [-0.2, -0.15) is 0 Å². The Bertz CT molecular complexity index is 2030. The average molecular weight is 1000 g/mol. The first-order valence-corrected chi connectivity index (χ1v) is 17.6. The van der Waals surface area contributed by atoms with Gasteiger partial charge < -0.3 is 21.7 Å². The second kappa shape index (κ2) is 17.3. The molecule has 0 fully saturated rings. The number of hydrogen-bond donors (Lipinski definition) is 4. The van der Waals surface area contributed by atoms with Crippen molar-refractivity contribution >= 4 is 151 Å². The van der Waals surface area contributed by atoms with Gasteiger partial charge in [-0.1, -0.05) is 31.9 Å². The predicted octanol–water partition coefficient (Wildman–Crippen LogP) is 9.58. The number of benzene rings is 4. The van der Waals surface area contributed by atoms with Gasteiger partial charge in [0.1, 0.15) is 0 Å². The van der Waals surface area contributed by atoms with Gasteiger partial charge in [-0.05, 0) is 130 Å². The number of carbonyl (C=O) groups excluding carboxylic acids is 2. The first-order chi connectivity index (χ1) is 22.3. The van der Waals surface area contributed by atoms with Crippen molar-refractivity contribution in [2.75, 3.05) is 21.7 Å². The Balaban J connectivity index is 0.000000176. The maximum absolute atomic E-state index is 11.2. The van der Waals surface area contributed by atoms with Gasteiger partial charge in [0.15, 0.2) is 0 Å². The van der Waals surface area contributed by atoms with Crippen molar-refractivity contribution in [3.63, 3.8) is 0 Å².